The van der Waals surface area contributed by atoms with Crippen molar-refractivity contribution in [1.82, 2.24) is 19.5 Å². The van der Waals surface area contributed by atoms with Crippen LogP contribution in [0.1, 0.15) is 78.9 Å². The Morgan fingerprint density at radius 2 is 1.76 bits per heavy atom. The minimum absolute atomic E-state index is 0.139. The number of rotatable bonds is 11. The highest BCUT2D eigenvalue weighted by Crippen LogP contribution is 2.34. The maximum atomic E-state index is 13.8. The first-order valence-electron chi connectivity index (χ1n) is 15.8. The number of carbonyl (C=O) groups excluding carboxylic acids is 2. The quantitative estimate of drug-likeness (QED) is 0.187. The Bertz CT molecular complexity index is 1480. The van der Waals surface area contributed by atoms with E-state index in [0.717, 1.165) is 11.1 Å². The molecule has 1 aliphatic rings. The average Bonchev–Trinajstić information content (AvgIpc) is 3.59. The van der Waals surface area contributed by atoms with Gasteiger partial charge in [0.15, 0.2) is 5.65 Å². The molecule has 1 atom stereocenters. The largest absolute Gasteiger partial charge is 0.444 e. The summed E-state index contributed by atoms with van der Waals surface area (Å²) < 4.78 is 24.2. The van der Waals surface area contributed by atoms with Gasteiger partial charge >= 0.3 is 12.2 Å². The van der Waals surface area contributed by atoms with Crippen molar-refractivity contribution in [2.24, 2.45) is 5.41 Å². The lowest BCUT2D eigenvalue weighted by atomic mass is 9.88. The van der Waals surface area contributed by atoms with Crippen molar-refractivity contribution >= 4 is 29.5 Å². The molecule has 252 valence electrons. The van der Waals surface area contributed by atoms with Gasteiger partial charge in [-0.25, -0.2) is 14.6 Å². The van der Waals surface area contributed by atoms with E-state index in [1.54, 1.807) is 27.6 Å². The smallest absolute Gasteiger partial charge is 0.416 e. The van der Waals surface area contributed by atoms with E-state index in [4.69, 9.17) is 23.9 Å². The van der Waals surface area contributed by atoms with Crippen LogP contribution in [0, 0.1) is 5.41 Å². The molecule has 1 saturated heterocycles. The Hall–Kier alpha value is -3.90. The minimum Gasteiger partial charge on any atom is -0.444 e. The summed E-state index contributed by atoms with van der Waals surface area (Å²) >= 11 is 0. The third-order valence-corrected chi connectivity index (χ3v) is 7.52. The zero-order valence-corrected chi connectivity index (χ0v) is 28.8. The van der Waals surface area contributed by atoms with Gasteiger partial charge < -0.3 is 29.2 Å². The van der Waals surface area contributed by atoms with E-state index in [0.29, 0.717) is 49.9 Å². The van der Waals surface area contributed by atoms with Crippen molar-refractivity contribution in [2.45, 2.75) is 85.5 Å². The normalized spacial score (nSPS) is 17.0. The molecule has 12 heteroatoms. The molecule has 2 aromatic heterocycles. The van der Waals surface area contributed by atoms with E-state index in [-0.39, 0.29) is 25.3 Å². The average molecular weight is 639 g/mol. The van der Waals surface area contributed by atoms with E-state index in [2.05, 4.69) is 24.3 Å². The summed E-state index contributed by atoms with van der Waals surface area (Å²) in [6.07, 6.45) is 1.65. The lowest BCUT2D eigenvalue weighted by Gasteiger charge is -2.31. The molecule has 0 bridgehead atoms. The number of fused-ring (bicyclic) bond motifs is 1. The van der Waals surface area contributed by atoms with E-state index >= 15 is 0 Å². The lowest BCUT2D eigenvalue weighted by Crippen LogP contribution is -2.41. The zero-order valence-electron chi connectivity index (χ0n) is 28.8. The number of benzene rings is 1. The molecule has 46 heavy (non-hydrogen) atoms. The highest BCUT2D eigenvalue weighted by atomic mass is 16.7. The summed E-state index contributed by atoms with van der Waals surface area (Å²) in [5.74, 6) is 1.22. The summed E-state index contributed by atoms with van der Waals surface area (Å²) in [5, 5.41) is 8.19. The summed E-state index contributed by atoms with van der Waals surface area (Å²) in [4.78, 5) is 35.0. The standard InChI is InChI=1S/C34H50N6O6/c1-24(2)26-18-36-40-28(39(31(42)46-33(6,7)8)19-25-13-11-10-12-14-25)17-27(37-29(26)40)35-20-34(22-44-23-43-9)15-16-38(21-34)30(41)45-32(3,4)5/h10-14,17-18,24H,15-16,19-23H2,1-9H3,(H,35,37)/t34-/m0/s1. The summed E-state index contributed by atoms with van der Waals surface area (Å²) in [6.45, 7) is 17.5. The second-order valence-corrected chi connectivity index (χ2v) is 14.3. The van der Waals surface area contributed by atoms with Crippen LogP contribution in [0.3, 0.4) is 0 Å². The lowest BCUT2D eigenvalue weighted by molar-refractivity contribution is -0.0604. The van der Waals surface area contributed by atoms with Gasteiger partial charge in [-0.2, -0.15) is 9.61 Å². The maximum Gasteiger partial charge on any atom is 0.416 e. The number of amides is 2. The van der Waals surface area contributed by atoms with Crippen LogP contribution < -0.4 is 10.2 Å². The summed E-state index contributed by atoms with van der Waals surface area (Å²) in [7, 11) is 1.58. The molecule has 1 fully saturated rings. The van der Waals surface area contributed by atoms with Crippen molar-refractivity contribution in [2.75, 3.05) is 50.4 Å². The molecule has 4 rings (SSSR count). The number of ether oxygens (including phenoxy) is 4. The minimum atomic E-state index is -0.705. The molecule has 0 radical (unpaired) electrons. The number of hydrogen-bond donors (Lipinski definition) is 1. The molecule has 1 N–H and O–H groups in total. The molecule has 2 amide bonds. The van der Waals surface area contributed by atoms with Crippen molar-refractivity contribution < 1.29 is 28.5 Å². The van der Waals surface area contributed by atoms with Crippen molar-refractivity contribution in [3.63, 3.8) is 0 Å². The SMILES string of the molecule is COCOC[C@]1(CNc2cc(N(Cc3ccccc3)C(=O)OC(C)(C)C)n3ncc(C(C)C)c3n2)CCN(C(=O)OC(C)(C)C)C1. The van der Waals surface area contributed by atoms with Crippen LogP contribution in [-0.2, 0) is 25.5 Å². The van der Waals surface area contributed by atoms with Crippen molar-refractivity contribution in [3.8, 4) is 0 Å². The van der Waals surface area contributed by atoms with Gasteiger partial charge in [-0.15, -0.1) is 0 Å². The van der Waals surface area contributed by atoms with Gasteiger partial charge in [-0.05, 0) is 59.4 Å². The Morgan fingerprint density at radius 3 is 2.39 bits per heavy atom. The number of anilines is 2. The van der Waals surface area contributed by atoms with Gasteiger partial charge in [-0.3, -0.25) is 4.90 Å². The number of methoxy groups -OCH3 is 1. The fourth-order valence-electron chi connectivity index (χ4n) is 5.33. The molecular weight excluding hydrogens is 588 g/mol. The second kappa shape index (κ2) is 14.3. The Balaban J connectivity index is 1.71. The molecule has 1 aromatic carbocycles. The molecule has 0 spiro atoms. The van der Waals surface area contributed by atoms with Crippen LogP contribution in [-0.4, -0.2) is 83.0 Å². The summed E-state index contributed by atoms with van der Waals surface area (Å²) in [6, 6.07) is 11.6. The second-order valence-electron chi connectivity index (χ2n) is 14.3. The molecular formula is C34H50N6O6. The van der Waals surface area contributed by atoms with Crippen LogP contribution >= 0.6 is 0 Å². The molecule has 0 aliphatic carbocycles. The van der Waals surface area contributed by atoms with Gasteiger partial charge in [-0.1, -0.05) is 44.2 Å². The molecule has 0 unspecified atom stereocenters. The number of carbonyl (C=O) groups is 2. The number of nitrogens with one attached hydrogen (secondary N) is 1. The van der Waals surface area contributed by atoms with Gasteiger partial charge in [0.1, 0.15) is 29.6 Å². The van der Waals surface area contributed by atoms with E-state index < -0.39 is 22.7 Å². The van der Waals surface area contributed by atoms with Gasteiger partial charge in [0, 0.05) is 43.8 Å². The Kier molecular flexibility index (Phi) is 10.8. The monoisotopic (exact) mass is 638 g/mol. The molecule has 12 nitrogen and oxygen atoms in total. The molecule has 3 heterocycles. The predicted octanol–water partition coefficient (Wildman–Crippen LogP) is 6.45. The molecule has 1 aliphatic heterocycles. The predicted molar refractivity (Wildman–Crippen MR) is 177 cm³/mol. The van der Waals surface area contributed by atoms with Gasteiger partial charge in [0.2, 0.25) is 0 Å². The van der Waals surface area contributed by atoms with Crippen LogP contribution in [0.15, 0.2) is 42.6 Å². The Labute approximate surface area is 272 Å². The number of hydrogen-bond acceptors (Lipinski definition) is 9. The van der Waals surface area contributed by atoms with Crippen LogP contribution in [0.25, 0.3) is 5.65 Å². The summed E-state index contributed by atoms with van der Waals surface area (Å²) in [5.41, 5.74) is 0.795. The van der Waals surface area contributed by atoms with Gasteiger partial charge in [0.25, 0.3) is 0 Å². The van der Waals surface area contributed by atoms with Crippen LogP contribution in [0.2, 0.25) is 0 Å². The first kappa shape index (κ1) is 35.0. The third-order valence-electron chi connectivity index (χ3n) is 7.52. The Morgan fingerprint density at radius 1 is 1.07 bits per heavy atom. The molecule has 3 aromatic rings. The number of nitrogens with zero attached hydrogens (tertiary/aromatic N) is 5. The first-order valence-corrected chi connectivity index (χ1v) is 15.8. The van der Waals surface area contributed by atoms with E-state index in [9.17, 15) is 9.59 Å². The van der Waals surface area contributed by atoms with E-state index in [1.165, 1.54) is 0 Å². The fourth-order valence-corrected chi connectivity index (χ4v) is 5.33. The first-order chi connectivity index (χ1) is 21.6. The third kappa shape index (κ3) is 9.10. The maximum absolute atomic E-state index is 13.8. The van der Waals surface area contributed by atoms with E-state index in [1.807, 2.05) is 77.9 Å². The number of likely N-dealkylation sites (tertiary alicyclic amines) is 1. The highest BCUT2D eigenvalue weighted by Gasteiger charge is 2.42. The fraction of sp³-hybridized carbons (Fsp3) is 0.588. The van der Waals surface area contributed by atoms with Crippen molar-refractivity contribution in [1.29, 1.82) is 0 Å². The van der Waals surface area contributed by atoms with Crippen LogP contribution in [0.4, 0.5) is 21.2 Å². The highest BCUT2D eigenvalue weighted by molar-refractivity contribution is 5.88. The number of aromatic nitrogens is 3. The zero-order chi connectivity index (χ0) is 33.7. The van der Waals surface area contributed by atoms with Crippen molar-refractivity contribution in [3.05, 3.63) is 53.7 Å². The molecule has 0 saturated carbocycles. The van der Waals surface area contributed by atoms with Crippen LogP contribution in [0.5, 0.6) is 0 Å². The topological polar surface area (TPSA) is 120 Å². The van der Waals surface area contributed by atoms with Gasteiger partial charge in [0.05, 0.1) is 19.3 Å².